The molecular weight excluding hydrogens is 393 g/mol. The van der Waals surface area contributed by atoms with Gasteiger partial charge in [-0.3, -0.25) is 9.89 Å². The predicted molar refractivity (Wildman–Crippen MR) is 92.6 cm³/mol. The first-order valence-corrected chi connectivity index (χ1v) is 7.73. The van der Waals surface area contributed by atoms with Crippen LogP contribution in [0, 0.1) is 10.6 Å². The fourth-order valence-electron chi connectivity index (χ4n) is 2.22. The molecule has 0 bridgehead atoms. The molecule has 0 aliphatic carbocycles. The van der Waals surface area contributed by atoms with Crippen LogP contribution < -0.4 is 0 Å². The van der Waals surface area contributed by atoms with E-state index >= 15 is 0 Å². The number of hydrogen-bond acceptors (Lipinski definition) is 4. The highest BCUT2D eigenvalue weighted by Gasteiger charge is 2.18. The third kappa shape index (κ3) is 2.56. The van der Waals surface area contributed by atoms with E-state index in [0.29, 0.717) is 11.4 Å². The Bertz CT molecular complexity index is 854. The Labute approximate surface area is 141 Å². The van der Waals surface area contributed by atoms with Gasteiger partial charge in [0.05, 0.1) is 5.52 Å². The first-order chi connectivity index (χ1) is 10.5. The molecule has 3 rings (SSSR count). The highest BCUT2D eigenvalue weighted by Crippen LogP contribution is 2.30. The zero-order chi connectivity index (χ0) is 15.9. The Balaban J connectivity index is 2.28. The Morgan fingerprint density at radius 1 is 1.23 bits per heavy atom. The number of nitrogens with zero attached hydrogens (tertiary/aromatic N) is 4. The average molecular weight is 407 g/mol. The van der Waals surface area contributed by atoms with E-state index in [1.54, 1.807) is 31.4 Å². The molecule has 0 aliphatic heterocycles. The summed E-state index contributed by atoms with van der Waals surface area (Å²) in [6.45, 7) is 1.83. The summed E-state index contributed by atoms with van der Waals surface area (Å²) in [5, 5.41) is 8.12. The minimum atomic E-state index is -0.0675. The van der Waals surface area contributed by atoms with Gasteiger partial charge in [-0.2, -0.15) is 5.10 Å². The van der Waals surface area contributed by atoms with Crippen molar-refractivity contribution in [1.82, 2.24) is 25.1 Å². The minimum absolute atomic E-state index is 0.0675. The van der Waals surface area contributed by atoms with Crippen molar-refractivity contribution in [3.63, 3.8) is 0 Å². The molecule has 2 aromatic heterocycles. The molecule has 0 saturated carbocycles. The normalized spacial score (nSPS) is 10.9. The van der Waals surface area contributed by atoms with E-state index in [-0.39, 0.29) is 5.91 Å². The fourth-order valence-corrected chi connectivity index (χ4v) is 2.79. The van der Waals surface area contributed by atoms with Crippen LogP contribution in [0.15, 0.2) is 24.5 Å². The second-order valence-corrected chi connectivity index (χ2v) is 6.20. The Hall–Kier alpha value is -2.03. The van der Waals surface area contributed by atoms with Gasteiger partial charge in [-0.05, 0) is 47.2 Å². The SMILES string of the molecule is Cc1ncc(-c2cc3c(I)n[nH]c3cc2C(=O)N(C)C)cn1. The van der Waals surface area contributed by atoms with Gasteiger partial charge >= 0.3 is 0 Å². The zero-order valence-electron chi connectivity index (χ0n) is 12.4. The number of carbonyl (C=O) groups is 1. The quantitative estimate of drug-likeness (QED) is 0.663. The van der Waals surface area contributed by atoms with Crippen LogP contribution >= 0.6 is 22.6 Å². The Morgan fingerprint density at radius 3 is 2.55 bits per heavy atom. The smallest absolute Gasteiger partial charge is 0.254 e. The van der Waals surface area contributed by atoms with Crippen molar-refractivity contribution in [2.75, 3.05) is 14.1 Å². The number of hydrogen-bond donors (Lipinski definition) is 1. The van der Waals surface area contributed by atoms with Gasteiger partial charge in [0.2, 0.25) is 0 Å². The molecule has 7 heteroatoms. The lowest BCUT2D eigenvalue weighted by Crippen LogP contribution is -2.22. The Kier molecular flexibility index (Phi) is 3.81. The van der Waals surface area contributed by atoms with Crippen LogP contribution in [0.1, 0.15) is 16.2 Å². The van der Waals surface area contributed by atoms with Crippen molar-refractivity contribution in [3.8, 4) is 11.1 Å². The summed E-state index contributed by atoms with van der Waals surface area (Å²) < 4.78 is 0.866. The lowest BCUT2D eigenvalue weighted by Gasteiger charge is -2.14. The topological polar surface area (TPSA) is 74.8 Å². The zero-order valence-corrected chi connectivity index (χ0v) is 14.5. The molecule has 0 unspecified atom stereocenters. The maximum Gasteiger partial charge on any atom is 0.254 e. The summed E-state index contributed by atoms with van der Waals surface area (Å²) in [4.78, 5) is 22.5. The van der Waals surface area contributed by atoms with Gasteiger partial charge in [0, 0.05) is 43.0 Å². The van der Waals surface area contributed by atoms with Gasteiger partial charge in [0.1, 0.15) is 9.53 Å². The van der Waals surface area contributed by atoms with Crippen LogP contribution in [0.25, 0.3) is 22.0 Å². The molecule has 0 saturated heterocycles. The lowest BCUT2D eigenvalue weighted by molar-refractivity contribution is 0.0828. The highest BCUT2D eigenvalue weighted by atomic mass is 127. The monoisotopic (exact) mass is 407 g/mol. The van der Waals surface area contributed by atoms with E-state index in [2.05, 4.69) is 42.8 Å². The van der Waals surface area contributed by atoms with E-state index in [9.17, 15) is 4.79 Å². The van der Waals surface area contributed by atoms with Crippen LogP contribution in [0.5, 0.6) is 0 Å². The van der Waals surface area contributed by atoms with Crippen molar-refractivity contribution in [2.24, 2.45) is 0 Å². The number of benzene rings is 1. The van der Waals surface area contributed by atoms with Gasteiger partial charge in [0.15, 0.2) is 0 Å². The number of nitrogens with one attached hydrogen (secondary N) is 1. The number of H-pyrrole nitrogens is 1. The summed E-state index contributed by atoms with van der Waals surface area (Å²) in [7, 11) is 3.47. The number of aryl methyl sites for hydroxylation is 1. The lowest BCUT2D eigenvalue weighted by atomic mass is 9.99. The molecule has 1 N–H and O–H groups in total. The summed E-state index contributed by atoms with van der Waals surface area (Å²) in [6, 6.07) is 3.80. The third-order valence-electron chi connectivity index (χ3n) is 3.38. The predicted octanol–water partition coefficient (Wildman–Crippen LogP) is 2.63. The molecular formula is C15H14IN5O. The molecule has 3 aromatic rings. The molecule has 1 aromatic carbocycles. The largest absolute Gasteiger partial charge is 0.345 e. The molecule has 1 amide bonds. The molecule has 2 heterocycles. The number of fused-ring (bicyclic) bond motifs is 1. The fraction of sp³-hybridized carbons (Fsp3) is 0.200. The summed E-state index contributed by atoms with van der Waals surface area (Å²) in [5.74, 6) is 0.630. The van der Waals surface area contributed by atoms with E-state index in [1.165, 1.54) is 0 Å². The molecule has 22 heavy (non-hydrogen) atoms. The second-order valence-electron chi connectivity index (χ2n) is 5.18. The van der Waals surface area contributed by atoms with Crippen LogP contribution in [-0.2, 0) is 0 Å². The number of aromatic nitrogens is 4. The number of rotatable bonds is 2. The number of aromatic amines is 1. The van der Waals surface area contributed by atoms with Gasteiger partial charge < -0.3 is 4.90 Å². The molecule has 0 spiro atoms. The third-order valence-corrected chi connectivity index (χ3v) is 4.21. The van der Waals surface area contributed by atoms with Crippen molar-refractivity contribution in [1.29, 1.82) is 0 Å². The highest BCUT2D eigenvalue weighted by molar-refractivity contribution is 14.1. The number of halogens is 1. The van der Waals surface area contributed by atoms with Crippen molar-refractivity contribution in [3.05, 3.63) is 39.6 Å². The van der Waals surface area contributed by atoms with Gasteiger partial charge in [-0.25, -0.2) is 9.97 Å². The molecule has 6 nitrogen and oxygen atoms in total. The summed E-state index contributed by atoms with van der Waals surface area (Å²) in [5.41, 5.74) is 3.07. The van der Waals surface area contributed by atoms with Crippen LogP contribution in [-0.4, -0.2) is 45.1 Å². The van der Waals surface area contributed by atoms with Gasteiger partial charge in [0.25, 0.3) is 5.91 Å². The Morgan fingerprint density at radius 2 is 1.91 bits per heavy atom. The van der Waals surface area contributed by atoms with Gasteiger partial charge in [-0.15, -0.1) is 0 Å². The van der Waals surface area contributed by atoms with Crippen molar-refractivity contribution >= 4 is 39.4 Å². The summed E-state index contributed by atoms with van der Waals surface area (Å²) >= 11 is 2.17. The minimum Gasteiger partial charge on any atom is -0.345 e. The molecule has 0 fully saturated rings. The molecule has 0 atom stereocenters. The van der Waals surface area contributed by atoms with E-state index in [0.717, 1.165) is 25.7 Å². The number of amides is 1. The summed E-state index contributed by atoms with van der Waals surface area (Å²) in [6.07, 6.45) is 3.48. The average Bonchev–Trinajstić information content (AvgIpc) is 2.87. The maximum absolute atomic E-state index is 12.5. The molecule has 112 valence electrons. The van der Waals surface area contributed by atoms with Crippen molar-refractivity contribution < 1.29 is 4.79 Å². The van der Waals surface area contributed by atoms with Gasteiger partial charge in [-0.1, -0.05) is 0 Å². The van der Waals surface area contributed by atoms with Crippen molar-refractivity contribution in [2.45, 2.75) is 6.92 Å². The first-order valence-electron chi connectivity index (χ1n) is 6.65. The standard InChI is InChI=1S/C15H14IN5O/c1-8-17-6-9(7-18-8)10-4-12-13(19-20-14(12)16)5-11(10)15(22)21(2)3/h4-7H,1-3H3,(H,19,20). The van der Waals surface area contributed by atoms with Crippen LogP contribution in [0.2, 0.25) is 0 Å². The number of carbonyl (C=O) groups excluding carboxylic acids is 1. The van der Waals surface area contributed by atoms with E-state index in [4.69, 9.17) is 0 Å². The molecule has 0 aliphatic rings. The van der Waals surface area contributed by atoms with E-state index < -0.39 is 0 Å². The first kappa shape index (κ1) is 14.9. The maximum atomic E-state index is 12.5. The van der Waals surface area contributed by atoms with Crippen LogP contribution in [0.3, 0.4) is 0 Å². The second kappa shape index (κ2) is 5.64. The molecule has 0 radical (unpaired) electrons. The van der Waals surface area contributed by atoms with E-state index in [1.807, 2.05) is 19.1 Å². The van der Waals surface area contributed by atoms with Crippen LogP contribution in [0.4, 0.5) is 0 Å².